The number of fused-ring (bicyclic) bond motifs is 3. The van der Waals surface area contributed by atoms with E-state index < -0.39 is 50.8 Å². The summed E-state index contributed by atoms with van der Waals surface area (Å²) >= 11 is 0. The first-order chi connectivity index (χ1) is 22.5. The first kappa shape index (κ1) is 33.2. The number of nitrogens with two attached hydrogens (primary N) is 1. The molecule has 0 spiro atoms. The van der Waals surface area contributed by atoms with Gasteiger partial charge in [0.1, 0.15) is 23.4 Å². The summed E-state index contributed by atoms with van der Waals surface area (Å²) in [6.07, 6.45) is 9.38. The monoisotopic (exact) mass is 667 g/mol. The van der Waals surface area contributed by atoms with E-state index in [4.69, 9.17) is 15.2 Å². The summed E-state index contributed by atoms with van der Waals surface area (Å²) < 4.78 is 39.6. The molecule has 4 aliphatic rings. The summed E-state index contributed by atoms with van der Waals surface area (Å²) in [5.41, 5.74) is 5.23. The maximum absolute atomic E-state index is 14.2. The molecule has 6 rings (SSSR count). The largest absolute Gasteiger partial charge is 0.494 e. The molecule has 1 aromatic heterocycles. The minimum Gasteiger partial charge on any atom is -0.494 e. The second-order valence-corrected chi connectivity index (χ2v) is 15.6. The van der Waals surface area contributed by atoms with Crippen molar-refractivity contribution in [3.63, 3.8) is 0 Å². The van der Waals surface area contributed by atoms with Crippen LogP contribution in [0.1, 0.15) is 65.2 Å². The predicted molar refractivity (Wildman–Crippen MR) is 176 cm³/mol. The SMILES string of the molecule is CC[C@@H]1C[C@H](C)CCC=C[C@@H]2C[C@@]2(C(=O)NS(=O)(=O)C2CC2)NC(=O)[C@@H]2C[C@@H](Oc3ncc(OC)c4ccccc34)CN2C(=O)[C@H]1N. The second-order valence-electron chi connectivity index (χ2n) is 13.6. The molecule has 2 aliphatic carbocycles. The molecule has 0 bridgehead atoms. The molecule has 13 heteroatoms. The van der Waals surface area contributed by atoms with Gasteiger partial charge in [0.05, 0.1) is 31.1 Å². The molecule has 0 unspecified atom stereocenters. The molecule has 47 heavy (non-hydrogen) atoms. The number of carbonyl (C=O) groups excluding carboxylic acids is 3. The van der Waals surface area contributed by atoms with Gasteiger partial charge in [-0.3, -0.25) is 19.1 Å². The Kier molecular flexibility index (Phi) is 9.23. The molecule has 1 aromatic carbocycles. The normalized spacial score (nSPS) is 31.6. The molecule has 2 aliphatic heterocycles. The van der Waals surface area contributed by atoms with Crippen LogP contribution < -0.4 is 25.2 Å². The van der Waals surface area contributed by atoms with E-state index in [0.29, 0.717) is 36.8 Å². The second kappa shape index (κ2) is 13.1. The van der Waals surface area contributed by atoms with Crippen LogP contribution in [-0.4, -0.2) is 78.7 Å². The van der Waals surface area contributed by atoms with Crippen LogP contribution in [0.5, 0.6) is 11.6 Å². The number of rotatable bonds is 7. The van der Waals surface area contributed by atoms with Crippen molar-refractivity contribution in [1.29, 1.82) is 0 Å². The van der Waals surface area contributed by atoms with Crippen LogP contribution in [0.3, 0.4) is 0 Å². The van der Waals surface area contributed by atoms with Crippen molar-refractivity contribution in [2.45, 2.75) is 94.2 Å². The van der Waals surface area contributed by atoms with E-state index in [1.807, 2.05) is 43.3 Å². The fourth-order valence-electron chi connectivity index (χ4n) is 7.13. The Morgan fingerprint density at radius 2 is 1.91 bits per heavy atom. The average Bonchev–Trinajstić information content (AvgIpc) is 3.98. The molecule has 3 heterocycles. The number of allylic oxidation sites excluding steroid dienone is 1. The predicted octanol–water partition coefficient (Wildman–Crippen LogP) is 2.80. The number of methoxy groups -OCH3 is 1. The van der Waals surface area contributed by atoms with Gasteiger partial charge in [0.2, 0.25) is 27.7 Å². The molecule has 2 saturated carbocycles. The number of aromatic nitrogens is 1. The van der Waals surface area contributed by atoms with Gasteiger partial charge in [0, 0.05) is 23.1 Å². The van der Waals surface area contributed by atoms with E-state index in [1.54, 1.807) is 13.3 Å². The fraction of sp³-hybridized carbons (Fsp3) is 0.588. The van der Waals surface area contributed by atoms with Crippen molar-refractivity contribution in [2.24, 2.45) is 23.5 Å². The van der Waals surface area contributed by atoms with Crippen molar-refractivity contribution < 1.29 is 32.3 Å². The summed E-state index contributed by atoms with van der Waals surface area (Å²) in [4.78, 5) is 47.8. The number of hydrogen-bond acceptors (Lipinski definition) is 9. The summed E-state index contributed by atoms with van der Waals surface area (Å²) in [5, 5.41) is 3.84. The van der Waals surface area contributed by atoms with Gasteiger partial charge in [0.25, 0.3) is 5.91 Å². The lowest BCUT2D eigenvalue weighted by molar-refractivity contribution is -0.141. The molecule has 7 atom stereocenters. The van der Waals surface area contributed by atoms with Crippen LogP contribution >= 0.6 is 0 Å². The molecule has 3 fully saturated rings. The zero-order valence-corrected chi connectivity index (χ0v) is 28.0. The third-order valence-electron chi connectivity index (χ3n) is 10.3. The van der Waals surface area contributed by atoms with Gasteiger partial charge in [0.15, 0.2) is 0 Å². The van der Waals surface area contributed by atoms with Crippen LogP contribution in [0, 0.1) is 17.8 Å². The van der Waals surface area contributed by atoms with E-state index in [-0.39, 0.29) is 37.1 Å². The smallest absolute Gasteiger partial charge is 0.259 e. The lowest BCUT2D eigenvalue weighted by Crippen LogP contribution is -2.58. The Hall–Kier alpha value is -3.71. The molecule has 12 nitrogen and oxygen atoms in total. The number of sulfonamides is 1. The van der Waals surface area contributed by atoms with Crippen LogP contribution in [-0.2, 0) is 24.4 Å². The third-order valence-corrected chi connectivity index (χ3v) is 12.1. The zero-order valence-electron chi connectivity index (χ0n) is 27.2. The fourth-order valence-corrected chi connectivity index (χ4v) is 8.50. The number of ether oxygens (including phenoxy) is 2. The van der Waals surface area contributed by atoms with Crippen molar-refractivity contribution >= 4 is 38.5 Å². The number of benzene rings is 1. The highest BCUT2D eigenvalue weighted by Crippen LogP contribution is 2.46. The molecule has 1 saturated heterocycles. The maximum atomic E-state index is 14.2. The van der Waals surface area contributed by atoms with Crippen LogP contribution in [0.4, 0.5) is 0 Å². The van der Waals surface area contributed by atoms with Gasteiger partial charge in [-0.1, -0.05) is 50.6 Å². The van der Waals surface area contributed by atoms with Gasteiger partial charge in [-0.05, 0) is 56.4 Å². The first-order valence-corrected chi connectivity index (χ1v) is 18.2. The summed E-state index contributed by atoms with van der Waals surface area (Å²) in [6.45, 7) is 4.26. The van der Waals surface area contributed by atoms with E-state index in [2.05, 4.69) is 21.9 Å². The van der Waals surface area contributed by atoms with Gasteiger partial charge < -0.3 is 25.4 Å². The first-order valence-electron chi connectivity index (χ1n) is 16.7. The van der Waals surface area contributed by atoms with Gasteiger partial charge in [-0.25, -0.2) is 13.4 Å². The lowest BCUT2D eigenvalue weighted by atomic mass is 9.85. The Bertz CT molecular complexity index is 1680. The van der Waals surface area contributed by atoms with Crippen molar-refractivity contribution in [3.8, 4) is 11.6 Å². The number of pyridine rings is 1. The lowest BCUT2D eigenvalue weighted by Gasteiger charge is -2.31. The molecule has 254 valence electrons. The molecular formula is C34H45N5O7S. The summed E-state index contributed by atoms with van der Waals surface area (Å²) in [7, 11) is -2.27. The summed E-state index contributed by atoms with van der Waals surface area (Å²) in [6, 6.07) is 5.71. The highest BCUT2D eigenvalue weighted by Gasteiger charge is 2.62. The Balaban J connectivity index is 1.31. The van der Waals surface area contributed by atoms with Gasteiger partial charge in [-0.2, -0.15) is 0 Å². The highest BCUT2D eigenvalue weighted by molar-refractivity contribution is 7.91. The van der Waals surface area contributed by atoms with Crippen LogP contribution in [0.15, 0.2) is 42.6 Å². The molecule has 2 aromatic rings. The quantitative estimate of drug-likeness (QED) is 0.376. The van der Waals surface area contributed by atoms with Crippen LogP contribution in [0.25, 0.3) is 10.8 Å². The number of hydrogen-bond donors (Lipinski definition) is 3. The minimum absolute atomic E-state index is 0.0827. The highest BCUT2D eigenvalue weighted by atomic mass is 32.2. The number of nitrogens with zero attached hydrogens (tertiary/aromatic N) is 2. The van der Waals surface area contributed by atoms with E-state index in [1.165, 1.54) is 4.90 Å². The Morgan fingerprint density at radius 3 is 2.62 bits per heavy atom. The average molecular weight is 668 g/mol. The molecule has 3 amide bonds. The van der Waals surface area contributed by atoms with Crippen LogP contribution in [0.2, 0.25) is 0 Å². The Labute approximate surface area is 275 Å². The molecule has 4 N–H and O–H groups in total. The number of nitrogens with one attached hydrogen (secondary N) is 2. The van der Waals surface area contributed by atoms with Crippen molar-refractivity contribution in [3.05, 3.63) is 42.6 Å². The van der Waals surface area contributed by atoms with E-state index in [0.717, 1.165) is 30.0 Å². The van der Waals surface area contributed by atoms with Crippen molar-refractivity contribution in [2.75, 3.05) is 13.7 Å². The topological polar surface area (TPSA) is 170 Å². The number of amides is 3. The minimum atomic E-state index is -3.84. The summed E-state index contributed by atoms with van der Waals surface area (Å²) in [5.74, 6) is -0.865. The zero-order chi connectivity index (χ0) is 33.5. The van der Waals surface area contributed by atoms with E-state index >= 15 is 0 Å². The molecular weight excluding hydrogens is 622 g/mol. The number of carbonyl (C=O) groups is 3. The maximum Gasteiger partial charge on any atom is 0.259 e. The Morgan fingerprint density at radius 1 is 1.17 bits per heavy atom. The van der Waals surface area contributed by atoms with E-state index in [9.17, 15) is 22.8 Å². The van der Waals surface area contributed by atoms with Gasteiger partial charge in [-0.15, -0.1) is 0 Å². The van der Waals surface area contributed by atoms with Gasteiger partial charge >= 0.3 is 0 Å². The third kappa shape index (κ3) is 6.69. The van der Waals surface area contributed by atoms with Crippen molar-refractivity contribution in [1.82, 2.24) is 19.9 Å². The standard InChI is InChI=1S/C34H45N5O7S/c1-4-21-15-20(2)9-5-6-10-22-17-34(22,33(42)38-47(43,44)24-13-14-24)37-30(40)27-16-23(19-39(27)32(41)29(21)35)46-31-26-12-8-7-11-25(26)28(45-3)18-36-31/h6-8,10-12,18,20-24,27,29H,4-5,9,13-17,19,35H2,1-3H3,(H,37,40)(H,38,42)/t20-,21-,22-,23-,27+,29+,34-/m1/s1. The molecule has 0 radical (unpaired) electrons.